The average molecular weight is 400 g/mol. The molecule has 3 heteroatoms. The fraction of sp³-hybridized carbons (Fsp3) is 0.222. The molecule has 0 bridgehead atoms. The zero-order valence-electron chi connectivity index (χ0n) is 17.6. The highest BCUT2D eigenvalue weighted by molar-refractivity contribution is 5.78. The minimum Gasteiger partial charge on any atom is -0.386 e. The van der Waals surface area contributed by atoms with E-state index in [1.165, 1.54) is 5.56 Å². The van der Waals surface area contributed by atoms with Gasteiger partial charge < -0.3 is 10.0 Å². The molecule has 2 atom stereocenters. The van der Waals surface area contributed by atoms with Crippen LogP contribution in [0.4, 0.5) is 0 Å². The third-order valence-electron chi connectivity index (χ3n) is 5.26. The molecule has 0 heterocycles. The summed E-state index contributed by atoms with van der Waals surface area (Å²) in [5, 5.41) is 10.8. The maximum Gasteiger partial charge on any atom is 0.226 e. The topological polar surface area (TPSA) is 40.5 Å². The Morgan fingerprint density at radius 2 is 1.47 bits per heavy atom. The molecule has 0 aliphatic carbocycles. The Labute approximate surface area is 179 Å². The molecule has 0 saturated carbocycles. The minimum absolute atomic E-state index is 0.0188. The van der Waals surface area contributed by atoms with Gasteiger partial charge in [-0.2, -0.15) is 0 Å². The van der Waals surface area contributed by atoms with E-state index in [1.54, 1.807) is 17.9 Å². The number of nitrogens with zero attached hydrogens (tertiary/aromatic N) is 1. The molecule has 30 heavy (non-hydrogen) atoms. The van der Waals surface area contributed by atoms with E-state index in [0.717, 1.165) is 17.5 Å². The predicted octanol–water partition coefficient (Wildman–Crippen LogP) is 5.28. The molecule has 0 saturated heterocycles. The van der Waals surface area contributed by atoms with Crippen molar-refractivity contribution in [2.45, 2.75) is 31.4 Å². The summed E-state index contributed by atoms with van der Waals surface area (Å²) in [4.78, 5) is 14.9. The van der Waals surface area contributed by atoms with E-state index in [2.05, 4.69) is 12.1 Å². The zero-order valence-corrected chi connectivity index (χ0v) is 17.6. The summed E-state index contributed by atoms with van der Waals surface area (Å²) in [5.41, 5.74) is 2.01. The first-order valence-corrected chi connectivity index (χ1v) is 10.3. The summed E-state index contributed by atoms with van der Waals surface area (Å²) >= 11 is 0. The molecule has 0 aliphatic heterocycles. The molecule has 3 aromatic carbocycles. The highest BCUT2D eigenvalue weighted by Crippen LogP contribution is 2.26. The first kappa shape index (κ1) is 21.5. The van der Waals surface area contributed by atoms with Gasteiger partial charge in [0.15, 0.2) is 0 Å². The van der Waals surface area contributed by atoms with Crippen molar-refractivity contribution < 1.29 is 9.90 Å². The Kier molecular flexibility index (Phi) is 7.21. The number of likely N-dealkylation sites (N-methyl/N-ethyl adjacent to an activating group) is 1. The van der Waals surface area contributed by atoms with Gasteiger partial charge in [-0.15, -0.1) is 0 Å². The van der Waals surface area contributed by atoms with Crippen LogP contribution in [0, 0.1) is 0 Å². The van der Waals surface area contributed by atoms with Crippen LogP contribution in [0.2, 0.25) is 0 Å². The largest absolute Gasteiger partial charge is 0.386 e. The van der Waals surface area contributed by atoms with E-state index in [1.807, 2.05) is 92.0 Å². The highest BCUT2D eigenvalue weighted by atomic mass is 16.3. The van der Waals surface area contributed by atoms with Gasteiger partial charge in [0, 0.05) is 7.05 Å². The number of amides is 1. The Morgan fingerprint density at radius 1 is 0.933 bits per heavy atom. The van der Waals surface area contributed by atoms with Gasteiger partial charge in [0.25, 0.3) is 0 Å². The van der Waals surface area contributed by atoms with Crippen molar-refractivity contribution >= 4 is 12.0 Å². The fourth-order valence-electron chi connectivity index (χ4n) is 3.49. The molecular weight excluding hydrogens is 370 g/mol. The van der Waals surface area contributed by atoms with Gasteiger partial charge >= 0.3 is 0 Å². The molecule has 1 N–H and O–H groups in total. The lowest BCUT2D eigenvalue weighted by atomic mass is 9.95. The number of benzene rings is 3. The summed E-state index contributed by atoms with van der Waals surface area (Å²) in [7, 11) is 1.82. The van der Waals surface area contributed by atoms with Gasteiger partial charge in [-0.1, -0.05) is 103 Å². The summed E-state index contributed by atoms with van der Waals surface area (Å²) in [6.45, 7) is 1.67. The van der Waals surface area contributed by atoms with Gasteiger partial charge in [-0.05, 0) is 30.0 Å². The lowest BCUT2D eigenvalue weighted by molar-refractivity contribution is -0.135. The van der Waals surface area contributed by atoms with Crippen molar-refractivity contribution in [2.75, 3.05) is 7.05 Å². The van der Waals surface area contributed by atoms with Crippen LogP contribution in [0.5, 0.6) is 0 Å². The van der Waals surface area contributed by atoms with Gasteiger partial charge in [-0.25, -0.2) is 0 Å². The standard InChI is InChI=1S/C27H29NO2/c1-27(30,19-18-22-12-6-3-7-13-22)21-26(29)28(2)25(24-16-10-5-11-17-24)20-23-14-8-4-9-15-23/h3-19,25,30H,20-21H2,1-2H3. The van der Waals surface area contributed by atoms with E-state index in [9.17, 15) is 9.90 Å². The van der Waals surface area contributed by atoms with E-state index >= 15 is 0 Å². The summed E-state index contributed by atoms with van der Waals surface area (Å²) in [6, 6.07) is 29.9. The quantitative estimate of drug-likeness (QED) is 0.560. The second-order valence-corrected chi connectivity index (χ2v) is 7.90. The van der Waals surface area contributed by atoms with E-state index in [4.69, 9.17) is 0 Å². The van der Waals surface area contributed by atoms with Crippen LogP contribution in [-0.2, 0) is 11.2 Å². The molecule has 1 amide bonds. The molecule has 0 spiro atoms. The van der Waals surface area contributed by atoms with Gasteiger partial charge in [0.2, 0.25) is 5.91 Å². The van der Waals surface area contributed by atoms with Crippen LogP contribution in [0.1, 0.15) is 36.1 Å². The predicted molar refractivity (Wildman–Crippen MR) is 123 cm³/mol. The second-order valence-electron chi connectivity index (χ2n) is 7.90. The van der Waals surface area contributed by atoms with Gasteiger partial charge in [0.05, 0.1) is 18.1 Å². The third-order valence-corrected chi connectivity index (χ3v) is 5.26. The molecule has 0 aromatic heterocycles. The monoisotopic (exact) mass is 399 g/mol. The van der Waals surface area contributed by atoms with E-state index in [-0.39, 0.29) is 18.4 Å². The Bertz CT molecular complexity index is 950. The molecular formula is C27H29NO2. The third kappa shape index (κ3) is 6.16. The number of hydrogen-bond donors (Lipinski definition) is 1. The Balaban J connectivity index is 1.75. The molecule has 2 unspecified atom stereocenters. The first-order chi connectivity index (χ1) is 14.4. The summed E-state index contributed by atoms with van der Waals surface area (Å²) in [5.74, 6) is -0.0949. The van der Waals surface area contributed by atoms with Crippen molar-refractivity contribution in [3.63, 3.8) is 0 Å². The summed E-state index contributed by atoms with van der Waals surface area (Å²) < 4.78 is 0. The zero-order chi connectivity index (χ0) is 21.4. The van der Waals surface area contributed by atoms with Crippen molar-refractivity contribution in [3.05, 3.63) is 114 Å². The molecule has 154 valence electrons. The Hall–Kier alpha value is -3.17. The lowest BCUT2D eigenvalue weighted by Gasteiger charge is -2.31. The summed E-state index contributed by atoms with van der Waals surface area (Å²) in [6.07, 6.45) is 4.29. The molecule has 0 aliphatic rings. The number of hydrogen-bond acceptors (Lipinski definition) is 2. The van der Waals surface area contributed by atoms with E-state index in [0.29, 0.717) is 0 Å². The average Bonchev–Trinajstić information content (AvgIpc) is 2.77. The number of aliphatic hydroxyl groups is 1. The van der Waals surface area contributed by atoms with E-state index < -0.39 is 5.60 Å². The van der Waals surface area contributed by atoms with Crippen LogP contribution in [0.25, 0.3) is 6.08 Å². The van der Waals surface area contributed by atoms with Crippen LogP contribution in [-0.4, -0.2) is 28.6 Å². The maximum absolute atomic E-state index is 13.1. The van der Waals surface area contributed by atoms with Crippen molar-refractivity contribution in [1.82, 2.24) is 4.90 Å². The maximum atomic E-state index is 13.1. The smallest absolute Gasteiger partial charge is 0.226 e. The van der Waals surface area contributed by atoms with Gasteiger partial charge in [0.1, 0.15) is 0 Å². The van der Waals surface area contributed by atoms with Crippen LogP contribution in [0.15, 0.2) is 97.1 Å². The number of rotatable bonds is 8. The van der Waals surface area contributed by atoms with Gasteiger partial charge in [-0.3, -0.25) is 4.79 Å². The highest BCUT2D eigenvalue weighted by Gasteiger charge is 2.28. The number of carbonyl (C=O) groups is 1. The minimum atomic E-state index is -1.23. The molecule has 3 rings (SSSR count). The van der Waals surface area contributed by atoms with Crippen molar-refractivity contribution in [1.29, 1.82) is 0 Å². The molecule has 0 fully saturated rings. The number of carbonyl (C=O) groups excluding carboxylic acids is 1. The van der Waals surface area contributed by atoms with Crippen LogP contribution in [0.3, 0.4) is 0 Å². The lowest BCUT2D eigenvalue weighted by Crippen LogP contribution is -2.37. The van der Waals surface area contributed by atoms with Crippen LogP contribution < -0.4 is 0 Å². The molecule has 3 aromatic rings. The SMILES string of the molecule is CN(C(=O)CC(C)(O)C=Cc1ccccc1)C(Cc1ccccc1)c1ccccc1. The normalized spacial score (nSPS) is 14.2. The second kappa shape index (κ2) is 10.0. The Morgan fingerprint density at radius 3 is 2.07 bits per heavy atom. The van der Waals surface area contributed by atoms with Crippen LogP contribution >= 0.6 is 0 Å². The van der Waals surface area contributed by atoms with Crippen molar-refractivity contribution in [3.8, 4) is 0 Å². The first-order valence-electron chi connectivity index (χ1n) is 10.3. The molecule has 0 radical (unpaired) electrons. The fourth-order valence-corrected chi connectivity index (χ4v) is 3.49. The molecule has 3 nitrogen and oxygen atoms in total. The van der Waals surface area contributed by atoms with Crippen molar-refractivity contribution in [2.24, 2.45) is 0 Å².